The molecule has 118 valence electrons. The molecule has 1 unspecified atom stereocenters. The van der Waals surface area contributed by atoms with E-state index in [1.807, 2.05) is 13.8 Å². The van der Waals surface area contributed by atoms with Crippen LogP contribution in [-0.2, 0) is 19.6 Å². The molecule has 0 N–H and O–H groups in total. The normalized spacial score (nSPS) is 20.4. The highest BCUT2D eigenvalue weighted by Crippen LogP contribution is 2.30. The van der Waals surface area contributed by atoms with Gasteiger partial charge in [0.05, 0.1) is 17.4 Å². The second kappa shape index (κ2) is 6.46. The summed E-state index contributed by atoms with van der Waals surface area (Å²) in [5, 5.41) is 0. The van der Waals surface area contributed by atoms with Crippen molar-refractivity contribution in [3.8, 4) is 0 Å². The Balaban J connectivity index is 2.20. The van der Waals surface area contributed by atoms with E-state index in [1.165, 1.54) is 15.6 Å². The predicted octanol–water partition coefficient (Wildman–Crippen LogP) is 2.33. The zero-order valence-electron chi connectivity index (χ0n) is 12.6. The fourth-order valence-corrected chi connectivity index (χ4v) is 5.66. The van der Waals surface area contributed by atoms with E-state index < -0.39 is 10.0 Å². The fraction of sp³-hybridized carbons (Fsp3) is 0.643. The Morgan fingerprint density at radius 1 is 1.48 bits per heavy atom. The monoisotopic (exact) mass is 331 g/mol. The molecule has 7 heteroatoms. The standard InChI is InChI=1S/C14H21NO4S2/c1-4-19-14(16)12-6-5-7-15(9-12)21(17,18)13-8-10(2)20-11(13)3/h8,12H,4-7,9H2,1-3H3. The highest BCUT2D eigenvalue weighted by Gasteiger charge is 2.35. The van der Waals surface area contributed by atoms with Crippen molar-refractivity contribution in [2.45, 2.75) is 38.5 Å². The van der Waals surface area contributed by atoms with E-state index in [4.69, 9.17) is 4.74 Å². The maximum absolute atomic E-state index is 12.7. The molecule has 0 saturated carbocycles. The molecule has 1 fully saturated rings. The van der Waals surface area contributed by atoms with Crippen LogP contribution in [0.1, 0.15) is 29.5 Å². The topological polar surface area (TPSA) is 63.7 Å². The molecule has 2 heterocycles. The van der Waals surface area contributed by atoms with Crippen LogP contribution >= 0.6 is 11.3 Å². The molecular formula is C14H21NO4S2. The Kier molecular flexibility index (Phi) is 5.06. The van der Waals surface area contributed by atoms with E-state index in [-0.39, 0.29) is 18.4 Å². The first kappa shape index (κ1) is 16.5. The minimum absolute atomic E-state index is 0.218. The number of hydrogen-bond acceptors (Lipinski definition) is 5. The number of ether oxygens (including phenoxy) is 1. The number of sulfonamides is 1. The van der Waals surface area contributed by atoms with Gasteiger partial charge >= 0.3 is 5.97 Å². The number of carbonyl (C=O) groups excluding carboxylic acids is 1. The number of esters is 1. The van der Waals surface area contributed by atoms with Crippen LogP contribution in [0.25, 0.3) is 0 Å². The molecule has 2 rings (SSSR count). The Morgan fingerprint density at radius 3 is 2.76 bits per heavy atom. The molecule has 0 radical (unpaired) electrons. The van der Waals surface area contributed by atoms with Crippen LogP contribution in [-0.4, -0.2) is 38.4 Å². The van der Waals surface area contributed by atoms with Crippen LogP contribution in [0.2, 0.25) is 0 Å². The van der Waals surface area contributed by atoms with Gasteiger partial charge in [0.25, 0.3) is 0 Å². The lowest BCUT2D eigenvalue weighted by molar-refractivity contribution is -0.149. The van der Waals surface area contributed by atoms with Crippen LogP contribution in [0.3, 0.4) is 0 Å². The first-order chi connectivity index (χ1) is 9.86. The predicted molar refractivity (Wildman–Crippen MR) is 81.9 cm³/mol. The molecule has 1 saturated heterocycles. The van der Waals surface area contributed by atoms with Crippen LogP contribution in [0.4, 0.5) is 0 Å². The highest BCUT2D eigenvalue weighted by molar-refractivity contribution is 7.89. The molecule has 1 aromatic heterocycles. The van der Waals surface area contributed by atoms with Crippen LogP contribution in [0.15, 0.2) is 11.0 Å². The van der Waals surface area contributed by atoms with Gasteiger partial charge in [0, 0.05) is 22.8 Å². The number of carbonyl (C=O) groups is 1. The number of rotatable bonds is 4. The fourth-order valence-electron chi connectivity index (χ4n) is 2.62. The molecule has 1 aromatic rings. The van der Waals surface area contributed by atoms with E-state index in [0.717, 1.165) is 9.75 Å². The van der Waals surface area contributed by atoms with Crippen LogP contribution in [0, 0.1) is 19.8 Å². The van der Waals surface area contributed by atoms with Crippen molar-refractivity contribution < 1.29 is 17.9 Å². The number of piperidine rings is 1. The molecular weight excluding hydrogens is 310 g/mol. The molecule has 0 aliphatic carbocycles. The number of aryl methyl sites for hydroxylation is 2. The molecule has 0 aromatic carbocycles. The average Bonchev–Trinajstić information content (AvgIpc) is 2.79. The Labute approximate surface area is 130 Å². The molecule has 5 nitrogen and oxygen atoms in total. The quantitative estimate of drug-likeness (QED) is 0.794. The maximum Gasteiger partial charge on any atom is 0.310 e. The van der Waals surface area contributed by atoms with Gasteiger partial charge in [-0.3, -0.25) is 4.79 Å². The summed E-state index contributed by atoms with van der Waals surface area (Å²) < 4.78 is 31.9. The number of thiophene rings is 1. The van der Waals surface area contributed by atoms with Crippen LogP contribution in [0.5, 0.6) is 0 Å². The lowest BCUT2D eigenvalue weighted by Gasteiger charge is -2.30. The summed E-state index contributed by atoms with van der Waals surface area (Å²) in [4.78, 5) is 14.0. The summed E-state index contributed by atoms with van der Waals surface area (Å²) >= 11 is 1.48. The number of nitrogens with zero attached hydrogens (tertiary/aromatic N) is 1. The van der Waals surface area contributed by atoms with Crippen molar-refractivity contribution in [1.29, 1.82) is 0 Å². The smallest absolute Gasteiger partial charge is 0.310 e. The zero-order valence-corrected chi connectivity index (χ0v) is 14.2. The Morgan fingerprint density at radius 2 is 2.19 bits per heavy atom. The third kappa shape index (κ3) is 3.46. The minimum Gasteiger partial charge on any atom is -0.466 e. The molecule has 1 aliphatic heterocycles. The average molecular weight is 331 g/mol. The SMILES string of the molecule is CCOC(=O)C1CCCN(S(=O)(=O)c2cc(C)sc2C)C1. The third-order valence-electron chi connectivity index (χ3n) is 3.62. The first-order valence-electron chi connectivity index (χ1n) is 7.10. The minimum atomic E-state index is -3.52. The van der Waals surface area contributed by atoms with E-state index in [2.05, 4.69) is 0 Å². The van der Waals surface area contributed by atoms with E-state index >= 15 is 0 Å². The highest BCUT2D eigenvalue weighted by atomic mass is 32.2. The summed E-state index contributed by atoms with van der Waals surface area (Å²) in [6.07, 6.45) is 1.37. The van der Waals surface area contributed by atoms with Crippen molar-refractivity contribution in [1.82, 2.24) is 4.31 Å². The third-order valence-corrected chi connectivity index (χ3v) is 6.70. The molecule has 0 bridgehead atoms. The zero-order chi connectivity index (χ0) is 15.6. The Hall–Kier alpha value is -0.920. The van der Waals surface area contributed by atoms with Gasteiger partial charge in [-0.2, -0.15) is 4.31 Å². The summed E-state index contributed by atoms with van der Waals surface area (Å²) in [7, 11) is -3.52. The second-order valence-electron chi connectivity index (χ2n) is 5.23. The number of hydrogen-bond donors (Lipinski definition) is 0. The van der Waals surface area contributed by atoms with E-state index in [0.29, 0.717) is 30.9 Å². The largest absolute Gasteiger partial charge is 0.466 e. The molecule has 1 atom stereocenters. The molecule has 0 amide bonds. The van der Waals surface area contributed by atoms with Crippen molar-refractivity contribution in [3.05, 3.63) is 15.8 Å². The maximum atomic E-state index is 12.7. The van der Waals surface area contributed by atoms with Crippen molar-refractivity contribution >= 4 is 27.3 Å². The summed E-state index contributed by atoms with van der Waals surface area (Å²) in [6, 6.07) is 1.71. The lowest BCUT2D eigenvalue weighted by atomic mass is 10.0. The van der Waals surface area contributed by atoms with Gasteiger partial charge in [-0.05, 0) is 39.7 Å². The van der Waals surface area contributed by atoms with E-state index in [1.54, 1.807) is 13.0 Å². The van der Waals surface area contributed by atoms with Gasteiger partial charge in [0.1, 0.15) is 0 Å². The summed E-state index contributed by atoms with van der Waals surface area (Å²) in [5.41, 5.74) is 0. The molecule has 21 heavy (non-hydrogen) atoms. The van der Waals surface area contributed by atoms with Crippen LogP contribution < -0.4 is 0 Å². The van der Waals surface area contributed by atoms with Gasteiger partial charge in [-0.15, -0.1) is 11.3 Å². The lowest BCUT2D eigenvalue weighted by Crippen LogP contribution is -2.42. The first-order valence-corrected chi connectivity index (χ1v) is 9.35. The van der Waals surface area contributed by atoms with Crippen molar-refractivity contribution in [2.75, 3.05) is 19.7 Å². The van der Waals surface area contributed by atoms with Gasteiger partial charge in [-0.1, -0.05) is 0 Å². The second-order valence-corrected chi connectivity index (χ2v) is 8.60. The van der Waals surface area contributed by atoms with Crippen molar-refractivity contribution in [2.24, 2.45) is 5.92 Å². The van der Waals surface area contributed by atoms with Gasteiger partial charge in [0.15, 0.2) is 0 Å². The summed E-state index contributed by atoms with van der Waals surface area (Å²) in [6.45, 7) is 6.48. The molecule has 0 spiro atoms. The van der Waals surface area contributed by atoms with Gasteiger partial charge in [-0.25, -0.2) is 8.42 Å². The van der Waals surface area contributed by atoms with Crippen molar-refractivity contribution in [3.63, 3.8) is 0 Å². The van der Waals surface area contributed by atoms with Gasteiger partial charge < -0.3 is 4.74 Å². The molecule has 1 aliphatic rings. The Bertz CT molecular complexity index is 621. The van der Waals surface area contributed by atoms with Gasteiger partial charge in [0.2, 0.25) is 10.0 Å². The summed E-state index contributed by atoms with van der Waals surface area (Å²) in [5.74, 6) is -0.649. The van der Waals surface area contributed by atoms with E-state index in [9.17, 15) is 13.2 Å².